The first-order valence-corrected chi connectivity index (χ1v) is 8.37. The van der Waals surface area contributed by atoms with Gasteiger partial charge in [-0.25, -0.2) is 9.78 Å². The highest BCUT2D eigenvalue weighted by atomic mass is 16.5. The molecule has 0 aliphatic heterocycles. The highest BCUT2D eigenvalue weighted by molar-refractivity contribution is 5.82. The number of carbonyl (C=O) groups excluding carboxylic acids is 2. The Bertz CT molecular complexity index is 860. The van der Waals surface area contributed by atoms with Gasteiger partial charge in [0.15, 0.2) is 0 Å². The molecule has 27 heavy (non-hydrogen) atoms. The molecule has 0 atom stereocenters. The quantitative estimate of drug-likeness (QED) is 0.516. The lowest BCUT2D eigenvalue weighted by atomic mass is 10.1. The zero-order chi connectivity index (χ0) is 19.6. The van der Waals surface area contributed by atoms with Crippen molar-refractivity contribution in [2.75, 3.05) is 20.2 Å². The minimum atomic E-state index is -0.639. The smallest absolute Gasteiger partial charge is 0.407 e. The van der Waals surface area contributed by atoms with Crippen LogP contribution in [-0.2, 0) is 16.0 Å². The van der Waals surface area contributed by atoms with E-state index in [0.717, 1.165) is 28.2 Å². The van der Waals surface area contributed by atoms with Crippen LogP contribution in [0.1, 0.15) is 18.3 Å². The molecule has 0 bridgehead atoms. The summed E-state index contributed by atoms with van der Waals surface area (Å²) in [7, 11) is 1.24. The number of aromatic amines is 1. The van der Waals surface area contributed by atoms with Crippen LogP contribution in [0.15, 0.2) is 42.1 Å². The molecular weight excluding hydrogens is 344 g/mol. The Labute approximate surface area is 158 Å². The van der Waals surface area contributed by atoms with Crippen molar-refractivity contribution in [3.63, 3.8) is 0 Å². The molecule has 1 heterocycles. The number of methoxy groups -OCH3 is 1. The molecule has 0 radical (unpaired) electrons. The molecular formula is C20H22N4O3. The lowest BCUT2D eigenvalue weighted by molar-refractivity contribution is -0.120. The van der Waals surface area contributed by atoms with Gasteiger partial charge in [-0.15, -0.1) is 6.42 Å². The van der Waals surface area contributed by atoms with Gasteiger partial charge in [0.2, 0.25) is 5.91 Å². The highest BCUT2D eigenvalue weighted by Gasteiger charge is 2.05. The van der Waals surface area contributed by atoms with Gasteiger partial charge in [-0.2, -0.15) is 0 Å². The summed E-state index contributed by atoms with van der Waals surface area (Å²) in [5, 5.41) is 5.04. The van der Waals surface area contributed by atoms with Crippen LogP contribution in [0.5, 0.6) is 0 Å². The Balaban J connectivity index is 1.83. The standard InChI is InChI=1S/C20H22N4O3/c1-4-15-6-8-16(9-7-15)17-12-21-18(24-17)10-5-14(2)11-22-19(25)13-23-20(26)27-3/h1,5-9,12H,10-11,13H2,2-3H3,(H,21,24)(H,22,25)(H,23,26)/b14-5-. The zero-order valence-corrected chi connectivity index (χ0v) is 15.3. The van der Waals surface area contributed by atoms with Gasteiger partial charge in [0.1, 0.15) is 12.4 Å². The lowest BCUT2D eigenvalue weighted by Gasteiger charge is -2.06. The van der Waals surface area contributed by atoms with E-state index in [0.29, 0.717) is 13.0 Å². The van der Waals surface area contributed by atoms with Gasteiger partial charge < -0.3 is 20.4 Å². The average molecular weight is 366 g/mol. The third kappa shape index (κ3) is 6.36. The van der Waals surface area contributed by atoms with Gasteiger partial charge in [0, 0.05) is 18.5 Å². The van der Waals surface area contributed by atoms with E-state index in [9.17, 15) is 9.59 Å². The maximum Gasteiger partial charge on any atom is 0.407 e. The van der Waals surface area contributed by atoms with E-state index in [1.807, 2.05) is 37.3 Å². The number of ether oxygens (including phenoxy) is 1. The van der Waals surface area contributed by atoms with Crippen LogP contribution < -0.4 is 10.6 Å². The molecule has 2 aromatic rings. The first-order chi connectivity index (χ1) is 13.0. The number of nitrogens with one attached hydrogen (secondary N) is 3. The summed E-state index contributed by atoms with van der Waals surface area (Å²) in [6.45, 7) is 2.18. The number of terminal acetylenes is 1. The molecule has 3 N–H and O–H groups in total. The second-order valence-corrected chi connectivity index (χ2v) is 5.84. The minimum Gasteiger partial charge on any atom is -0.453 e. The number of hydrogen-bond donors (Lipinski definition) is 3. The van der Waals surface area contributed by atoms with Crippen LogP contribution >= 0.6 is 0 Å². The molecule has 0 saturated heterocycles. The number of aromatic nitrogens is 2. The van der Waals surface area contributed by atoms with E-state index in [1.165, 1.54) is 7.11 Å². The Morgan fingerprint density at radius 3 is 2.67 bits per heavy atom. The fraction of sp³-hybridized carbons (Fsp3) is 0.250. The number of benzene rings is 1. The molecule has 0 fully saturated rings. The summed E-state index contributed by atoms with van der Waals surface area (Å²) in [4.78, 5) is 30.2. The van der Waals surface area contributed by atoms with Gasteiger partial charge in [0.05, 0.1) is 19.0 Å². The molecule has 140 valence electrons. The first-order valence-electron chi connectivity index (χ1n) is 8.37. The highest BCUT2D eigenvalue weighted by Crippen LogP contribution is 2.17. The summed E-state index contributed by atoms with van der Waals surface area (Å²) in [5.41, 5.74) is 3.75. The number of alkyl carbamates (subject to hydrolysis) is 1. The van der Waals surface area contributed by atoms with Gasteiger partial charge >= 0.3 is 6.09 Å². The van der Waals surface area contributed by atoms with Gasteiger partial charge in [0.25, 0.3) is 0 Å². The topological polar surface area (TPSA) is 96.1 Å². The fourth-order valence-electron chi connectivity index (χ4n) is 2.23. The molecule has 0 saturated carbocycles. The van der Waals surface area contributed by atoms with Gasteiger partial charge in [-0.05, 0) is 24.6 Å². The van der Waals surface area contributed by atoms with Crippen molar-refractivity contribution in [1.29, 1.82) is 0 Å². The number of hydrogen-bond acceptors (Lipinski definition) is 4. The van der Waals surface area contributed by atoms with Crippen LogP contribution in [-0.4, -0.2) is 42.2 Å². The molecule has 0 spiro atoms. The minimum absolute atomic E-state index is 0.125. The lowest BCUT2D eigenvalue weighted by Crippen LogP contribution is -2.37. The van der Waals surface area contributed by atoms with Crippen LogP contribution in [0.2, 0.25) is 0 Å². The van der Waals surface area contributed by atoms with Crippen molar-refractivity contribution in [2.45, 2.75) is 13.3 Å². The SMILES string of the molecule is C#Cc1ccc(-c2cnc(C/C=C(/C)CNC(=O)CNC(=O)OC)[nH]2)cc1. The van der Waals surface area contributed by atoms with E-state index in [-0.39, 0.29) is 12.5 Å². The largest absolute Gasteiger partial charge is 0.453 e. The molecule has 1 aromatic carbocycles. The molecule has 2 rings (SSSR count). The van der Waals surface area contributed by atoms with Crippen LogP contribution in [0.25, 0.3) is 11.3 Å². The van der Waals surface area contributed by atoms with Crippen molar-refractivity contribution in [1.82, 2.24) is 20.6 Å². The summed E-state index contributed by atoms with van der Waals surface area (Å²) in [5.74, 6) is 3.12. The number of nitrogens with zero attached hydrogens (tertiary/aromatic N) is 1. The summed E-state index contributed by atoms with van der Waals surface area (Å²) in [6.07, 6.45) is 9.11. The average Bonchev–Trinajstić information content (AvgIpc) is 3.17. The maximum absolute atomic E-state index is 11.6. The van der Waals surface area contributed by atoms with Crippen molar-refractivity contribution < 1.29 is 14.3 Å². The molecule has 1 aromatic heterocycles. The molecule has 0 aliphatic carbocycles. The van der Waals surface area contributed by atoms with Crippen molar-refractivity contribution >= 4 is 12.0 Å². The summed E-state index contributed by atoms with van der Waals surface area (Å²) in [6, 6.07) is 7.67. The van der Waals surface area contributed by atoms with E-state index in [1.54, 1.807) is 6.20 Å². The van der Waals surface area contributed by atoms with Crippen LogP contribution in [0.4, 0.5) is 4.79 Å². The number of rotatable bonds is 7. The third-order valence-electron chi connectivity index (χ3n) is 3.78. The molecule has 2 amide bonds. The van der Waals surface area contributed by atoms with Crippen molar-refractivity contribution in [3.05, 3.63) is 53.5 Å². The molecule has 0 unspecified atom stereocenters. The fourth-order valence-corrected chi connectivity index (χ4v) is 2.23. The predicted octanol–water partition coefficient (Wildman–Crippen LogP) is 2.02. The first kappa shape index (κ1) is 19.8. The van der Waals surface area contributed by atoms with Crippen LogP contribution in [0, 0.1) is 12.3 Å². The van der Waals surface area contributed by atoms with E-state index >= 15 is 0 Å². The van der Waals surface area contributed by atoms with E-state index < -0.39 is 6.09 Å². The van der Waals surface area contributed by atoms with Gasteiger partial charge in [-0.3, -0.25) is 4.79 Å². The number of amides is 2. The Morgan fingerprint density at radius 1 is 1.26 bits per heavy atom. The summed E-state index contributed by atoms with van der Waals surface area (Å²) >= 11 is 0. The maximum atomic E-state index is 11.6. The van der Waals surface area contributed by atoms with E-state index in [2.05, 4.69) is 31.3 Å². The summed E-state index contributed by atoms with van der Waals surface area (Å²) < 4.78 is 4.40. The normalized spacial score (nSPS) is 10.8. The number of allylic oxidation sites excluding steroid dienone is 1. The Kier molecular flexibility index (Phi) is 7.20. The second-order valence-electron chi connectivity index (χ2n) is 5.84. The predicted molar refractivity (Wildman–Crippen MR) is 103 cm³/mol. The number of imidazole rings is 1. The molecule has 0 aliphatic rings. The molecule has 7 nitrogen and oxygen atoms in total. The molecule has 7 heteroatoms. The van der Waals surface area contributed by atoms with Gasteiger partial charge in [-0.1, -0.05) is 29.7 Å². The Morgan fingerprint density at radius 2 is 2.00 bits per heavy atom. The second kappa shape index (κ2) is 9.82. The van der Waals surface area contributed by atoms with Crippen LogP contribution in [0.3, 0.4) is 0 Å². The monoisotopic (exact) mass is 366 g/mol. The third-order valence-corrected chi connectivity index (χ3v) is 3.78. The Hall–Kier alpha value is -3.53. The number of H-pyrrole nitrogens is 1. The van der Waals surface area contributed by atoms with E-state index in [4.69, 9.17) is 6.42 Å². The van der Waals surface area contributed by atoms with Crippen molar-refractivity contribution in [2.24, 2.45) is 0 Å². The zero-order valence-electron chi connectivity index (χ0n) is 15.3. The number of carbonyl (C=O) groups is 2. The van der Waals surface area contributed by atoms with Crippen molar-refractivity contribution in [3.8, 4) is 23.6 Å².